The molecule has 0 aromatic carbocycles. The highest BCUT2D eigenvalue weighted by atomic mass is 19.4. The van der Waals surface area contributed by atoms with Gasteiger partial charge in [-0.15, -0.1) is 0 Å². The zero-order valence-electron chi connectivity index (χ0n) is 11.9. The number of aromatic nitrogens is 3. The standard InChI is InChI=1S/C13H16F3N5/c1-17-11-4-10(13(14,15)16)5-12(19-11)20(2)7-9-6-18-21(3)8-9/h4-6,8H,7H2,1-3H3,(H,17,19). The molecule has 2 heterocycles. The van der Waals surface area contributed by atoms with Gasteiger partial charge in [0, 0.05) is 39.4 Å². The summed E-state index contributed by atoms with van der Waals surface area (Å²) in [5.74, 6) is 0.427. The lowest BCUT2D eigenvalue weighted by atomic mass is 10.2. The van der Waals surface area contributed by atoms with Gasteiger partial charge in [-0.2, -0.15) is 18.3 Å². The third-order valence-electron chi connectivity index (χ3n) is 2.96. The maximum atomic E-state index is 12.9. The fraction of sp³-hybridized carbons (Fsp3) is 0.385. The summed E-state index contributed by atoms with van der Waals surface area (Å²) < 4.78 is 40.3. The molecule has 0 spiro atoms. The van der Waals surface area contributed by atoms with Crippen LogP contribution in [0.1, 0.15) is 11.1 Å². The van der Waals surface area contributed by atoms with E-state index in [-0.39, 0.29) is 11.6 Å². The molecule has 0 atom stereocenters. The third-order valence-corrected chi connectivity index (χ3v) is 2.96. The highest BCUT2D eigenvalue weighted by Crippen LogP contribution is 2.32. The van der Waals surface area contributed by atoms with Crippen molar-refractivity contribution in [3.8, 4) is 0 Å². The van der Waals surface area contributed by atoms with E-state index in [2.05, 4.69) is 15.4 Å². The number of aryl methyl sites for hydroxylation is 1. The molecule has 0 aliphatic carbocycles. The normalized spacial score (nSPS) is 11.5. The number of pyridine rings is 1. The van der Waals surface area contributed by atoms with Crippen molar-refractivity contribution in [1.29, 1.82) is 0 Å². The Kier molecular flexibility index (Phi) is 4.06. The SMILES string of the molecule is CNc1cc(C(F)(F)F)cc(N(C)Cc2cnn(C)c2)n1. The Morgan fingerprint density at radius 1 is 1.33 bits per heavy atom. The molecule has 8 heteroatoms. The average Bonchev–Trinajstić information content (AvgIpc) is 2.82. The van der Waals surface area contributed by atoms with E-state index in [9.17, 15) is 13.2 Å². The highest BCUT2D eigenvalue weighted by Gasteiger charge is 2.32. The lowest BCUT2D eigenvalue weighted by Gasteiger charge is -2.20. The van der Waals surface area contributed by atoms with Crippen LogP contribution in [-0.4, -0.2) is 28.9 Å². The van der Waals surface area contributed by atoms with E-state index < -0.39 is 11.7 Å². The molecule has 0 bridgehead atoms. The maximum Gasteiger partial charge on any atom is 0.416 e. The largest absolute Gasteiger partial charge is 0.416 e. The fourth-order valence-corrected chi connectivity index (χ4v) is 1.91. The number of hydrogen-bond donors (Lipinski definition) is 1. The van der Waals surface area contributed by atoms with Crippen molar-refractivity contribution in [1.82, 2.24) is 14.8 Å². The molecule has 0 radical (unpaired) electrons. The number of anilines is 2. The summed E-state index contributed by atoms with van der Waals surface area (Å²) in [5, 5.41) is 6.68. The molecule has 2 aromatic rings. The van der Waals surface area contributed by atoms with Gasteiger partial charge in [-0.3, -0.25) is 4.68 Å². The predicted molar refractivity (Wildman–Crippen MR) is 74.1 cm³/mol. The van der Waals surface area contributed by atoms with Crippen molar-refractivity contribution in [2.24, 2.45) is 7.05 Å². The molecule has 21 heavy (non-hydrogen) atoms. The quantitative estimate of drug-likeness (QED) is 0.942. The maximum absolute atomic E-state index is 12.9. The van der Waals surface area contributed by atoms with E-state index in [0.29, 0.717) is 6.54 Å². The number of nitrogens with zero attached hydrogens (tertiary/aromatic N) is 4. The topological polar surface area (TPSA) is 46.0 Å². The molecule has 0 aliphatic rings. The fourth-order valence-electron chi connectivity index (χ4n) is 1.91. The summed E-state index contributed by atoms with van der Waals surface area (Å²) in [6.07, 6.45) is -0.926. The Bertz CT molecular complexity index is 621. The van der Waals surface area contributed by atoms with Crippen LogP contribution in [0, 0.1) is 0 Å². The minimum atomic E-state index is -4.40. The van der Waals surface area contributed by atoms with Crippen LogP contribution in [0.25, 0.3) is 0 Å². The van der Waals surface area contributed by atoms with Crippen molar-refractivity contribution >= 4 is 11.6 Å². The van der Waals surface area contributed by atoms with Gasteiger partial charge in [-0.25, -0.2) is 4.98 Å². The van der Waals surface area contributed by atoms with Crippen LogP contribution in [0.3, 0.4) is 0 Å². The second-order valence-corrected chi connectivity index (χ2v) is 4.73. The highest BCUT2D eigenvalue weighted by molar-refractivity contribution is 5.51. The van der Waals surface area contributed by atoms with Gasteiger partial charge in [0.15, 0.2) is 0 Å². The molecular weight excluding hydrogens is 283 g/mol. The van der Waals surface area contributed by atoms with Gasteiger partial charge in [-0.05, 0) is 12.1 Å². The number of alkyl halides is 3. The van der Waals surface area contributed by atoms with Crippen molar-refractivity contribution in [3.63, 3.8) is 0 Å². The molecule has 0 amide bonds. The van der Waals surface area contributed by atoms with Gasteiger partial charge >= 0.3 is 6.18 Å². The monoisotopic (exact) mass is 299 g/mol. The molecule has 2 rings (SSSR count). The minimum absolute atomic E-state index is 0.179. The van der Waals surface area contributed by atoms with E-state index >= 15 is 0 Å². The Balaban J connectivity index is 2.29. The summed E-state index contributed by atoms with van der Waals surface area (Å²) in [6, 6.07) is 2.03. The van der Waals surface area contributed by atoms with Gasteiger partial charge in [0.05, 0.1) is 11.8 Å². The minimum Gasteiger partial charge on any atom is -0.373 e. The van der Waals surface area contributed by atoms with E-state index in [4.69, 9.17) is 0 Å². The predicted octanol–water partition coefficient (Wildman–Crippen LogP) is 2.51. The number of halogens is 3. The lowest BCUT2D eigenvalue weighted by molar-refractivity contribution is -0.137. The summed E-state index contributed by atoms with van der Waals surface area (Å²) in [5.41, 5.74) is 0.167. The smallest absolute Gasteiger partial charge is 0.373 e. The number of nitrogens with one attached hydrogen (secondary N) is 1. The molecule has 114 valence electrons. The van der Waals surface area contributed by atoms with Crippen LogP contribution in [-0.2, 0) is 19.8 Å². The Labute approximate surface area is 120 Å². The van der Waals surface area contributed by atoms with Crippen molar-refractivity contribution < 1.29 is 13.2 Å². The van der Waals surface area contributed by atoms with Gasteiger partial charge < -0.3 is 10.2 Å². The first kappa shape index (κ1) is 15.1. The van der Waals surface area contributed by atoms with Crippen LogP contribution in [0.15, 0.2) is 24.5 Å². The summed E-state index contributed by atoms with van der Waals surface area (Å²) >= 11 is 0. The van der Waals surface area contributed by atoms with Crippen molar-refractivity contribution in [3.05, 3.63) is 35.7 Å². The van der Waals surface area contributed by atoms with Crippen LogP contribution in [0.2, 0.25) is 0 Å². The molecule has 1 N–H and O–H groups in total. The summed E-state index contributed by atoms with van der Waals surface area (Å²) in [6.45, 7) is 0.422. The summed E-state index contributed by atoms with van der Waals surface area (Å²) in [7, 11) is 5.01. The van der Waals surface area contributed by atoms with Crippen LogP contribution in [0.5, 0.6) is 0 Å². The molecule has 0 saturated carbocycles. The van der Waals surface area contributed by atoms with E-state index in [1.165, 1.54) is 7.05 Å². The Morgan fingerprint density at radius 3 is 2.57 bits per heavy atom. The second-order valence-electron chi connectivity index (χ2n) is 4.73. The zero-order valence-corrected chi connectivity index (χ0v) is 11.9. The molecule has 5 nitrogen and oxygen atoms in total. The average molecular weight is 299 g/mol. The molecule has 2 aromatic heterocycles. The van der Waals surface area contributed by atoms with E-state index in [1.54, 1.807) is 29.9 Å². The first-order valence-electron chi connectivity index (χ1n) is 6.25. The summed E-state index contributed by atoms with van der Waals surface area (Å²) in [4.78, 5) is 5.80. The van der Waals surface area contributed by atoms with Crippen LogP contribution in [0.4, 0.5) is 24.8 Å². The van der Waals surface area contributed by atoms with Crippen molar-refractivity contribution in [2.75, 3.05) is 24.3 Å². The van der Waals surface area contributed by atoms with Gasteiger partial charge in [-0.1, -0.05) is 0 Å². The third kappa shape index (κ3) is 3.65. The molecule has 0 unspecified atom stereocenters. The zero-order chi connectivity index (χ0) is 15.6. The molecule has 0 aliphatic heterocycles. The number of rotatable bonds is 4. The van der Waals surface area contributed by atoms with Crippen LogP contribution < -0.4 is 10.2 Å². The first-order valence-corrected chi connectivity index (χ1v) is 6.25. The Hall–Kier alpha value is -2.25. The van der Waals surface area contributed by atoms with Crippen LogP contribution >= 0.6 is 0 Å². The molecule has 0 fully saturated rings. The molecule has 0 saturated heterocycles. The Morgan fingerprint density at radius 2 is 2.05 bits per heavy atom. The first-order chi connectivity index (χ1) is 9.79. The molecular formula is C13H16F3N5. The van der Waals surface area contributed by atoms with Gasteiger partial charge in [0.2, 0.25) is 0 Å². The van der Waals surface area contributed by atoms with Crippen molar-refractivity contribution in [2.45, 2.75) is 12.7 Å². The van der Waals surface area contributed by atoms with Gasteiger partial charge in [0.1, 0.15) is 11.6 Å². The second kappa shape index (κ2) is 5.63. The van der Waals surface area contributed by atoms with E-state index in [0.717, 1.165) is 17.7 Å². The van der Waals surface area contributed by atoms with Gasteiger partial charge in [0.25, 0.3) is 0 Å². The lowest BCUT2D eigenvalue weighted by Crippen LogP contribution is -2.19. The number of hydrogen-bond acceptors (Lipinski definition) is 4. The van der Waals surface area contributed by atoms with E-state index in [1.807, 2.05) is 6.20 Å².